The molecule has 0 spiro atoms. The highest BCUT2D eigenvalue weighted by Crippen LogP contribution is 2.14. The molecule has 1 aromatic carbocycles. The van der Waals surface area contributed by atoms with Crippen LogP contribution in [-0.4, -0.2) is 19.0 Å². The molecule has 88 valence electrons. The Bertz CT molecular complexity index is 477. The topological polar surface area (TPSA) is 100 Å². The van der Waals surface area contributed by atoms with Crippen molar-refractivity contribution in [2.75, 3.05) is 7.11 Å². The van der Waals surface area contributed by atoms with Gasteiger partial charge in [0.2, 0.25) is 5.96 Å². The summed E-state index contributed by atoms with van der Waals surface area (Å²) >= 11 is 0. The van der Waals surface area contributed by atoms with Crippen molar-refractivity contribution in [2.45, 2.75) is 6.42 Å². The van der Waals surface area contributed by atoms with Crippen molar-refractivity contribution >= 4 is 17.6 Å². The second kappa shape index (κ2) is 6.12. The van der Waals surface area contributed by atoms with Gasteiger partial charge in [0.1, 0.15) is 0 Å². The van der Waals surface area contributed by atoms with Crippen molar-refractivity contribution in [3.05, 3.63) is 29.8 Å². The molecule has 0 saturated heterocycles. The van der Waals surface area contributed by atoms with Crippen LogP contribution in [0, 0.1) is 11.5 Å². The number of hydrogen-bond acceptors (Lipinski definition) is 4. The zero-order valence-electron chi connectivity index (χ0n) is 9.30. The van der Waals surface area contributed by atoms with E-state index in [1.54, 1.807) is 30.5 Å². The number of esters is 1. The Morgan fingerprint density at radius 1 is 1.65 bits per heavy atom. The van der Waals surface area contributed by atoms with Gasteiger partial charge in [-0.05, 0) is 17.7 Å². The second-order valence-corrected chi connectivity index (χ2v) is 3.16. The van der Waals surface area contributed by atoms with Crippen LogP contribution in [0.5, 0.6) is 0 Å². The van der Waals surface area contributed by atoms with Gasteiger partial charge in [-0.1, -0.05) is 12.1 Å². The molecule has 6 heteroatoms. The van der Waals surface area contributed by atoms with Gasteiger partial charge >= 0.3 is 5.97 Å². The molecule has 0 saturated carbocycles. The standard InChI is InChI=1S/C11H12N4O2/c1-17-10(16)6-8-3-2-4-9(5-8)15-11(13)14-7-12/h2-5H,6H2,1H3,(H3,13,14,15). The van der Waals surface area contributed by atoms with E-state index in [9.17, 15) is 4.79 Å². The summed E-state index contributed by atoms with van der Waals surface area (Å²) in [6, 6.07) is 6.94. The first kappa shape index (κ1) is 12.5. The third kappa shape index (κ3) is 4.22. The summed E-state index contributed by atoms with van der Waals surface area (Å²) in [5.41, 5.74) is 6.75. The molecule has 0 aromatic heterocycles. The van der Waals surface area contributed by atoms with Gasteiger partial charge in [0.05, 0.1) is 19.2 Å². The number of rotatable bonds is 3. The molecule has 3 N–H and O–H groups in total. The normalized spacial score (nSPS) is 10.5. The number of methoxy groups -OCH3 is 1. The summed E-state index contributed by atoms with van der Waals surface area (Å²) in [7, 11) is 1.33. The van der Waals surface area contributed by atoms with Gasteiger partial charge in [-0.2, -0.15) is 5.26 Å². The molecule has 0 unspecified atom stereocenters. The number of nitrogens with two attached hydrogens (primary N) is 1. The Balaban J connectivity index is 2.83. The van der Waals surface area contributed by atoms with Crippen LogP contribution in [0.15, 0.2) is 29.3 Å². The lowest BCUT2D eigenvalue weighted by Gasteiger charge is -2.02. The number of ether oxygens (including phenoxy) is 1. The van der Waals surface area contributed by atoms with E-state index in [1.807, 2.05) is 0 Å². The van der Waals surface area contributed by atoms with Crippen LogP contribution < -0.4 is 11.1 Å². The Labute approximate surface area is 98.7 Å². The Hall–Kier alpha value is -2.55. The number of nitrogens with zero attached hydrogens (tertiary/aromatic N) is 2. The van der Waals surface area contributed by atoms with Crippen LogP contribution in [0.25, 0.3) is 0 Å². The number of aliphatic imine (C=N–C) groups is 1. The van der Waals surface area contributed by atoms with E-state index < -0.39 is 0 Å². The van der Waals surface area contributed by atoms with Crippen LogP contribution in [0.1, 0.15) is 5.56 Å². The van der Waals surface area contributed by atoms with Crippen LogP contribution in [0.4, 0.5) is 5.69 Å². The largest absolute Gasteiger partial charge is 0.469 e. The zero-order valence-corrected chi connectivity index (χ0v) is 9.30. The molecule has 6 nitrogen and oxygen atoms in total. The van der Waals surface area contributed by atoms with Gasteiger partial charge in [-0.25, -0.2) is 4.99 Å². The van der Waals surface area contributed by atoms with Crippen LogP contribution in [-0.2, 0) is 16.0 Å². The SMILES string of the molecule is COC(=O)Cc1cccc(N=C(N)NC#N)c1. The van der Waals surface area contributed by atoms with E-state index in [-0.39, 0.29) is 18.3 Å². The second-order valence-electron chi connectivity index (χ2n) is 3.16. The summed E-state index contributed by atoms with van der Waals surface area (Å²) in [6.07, 6.45) is 1.84. The molecule has 0 atom stereocenters. The smallest absolute Gasteiger partial charge is 0.309 e. The number of hydrogen-bond donors (Lipinski definition) is 2. The maximum absolute atomic E-state index is 11.1. The first-order valence-electron chi connectivity index (χ1n) is 4.80. The number of carbonyl (C=O) groups is 1. The van der Waals surface area contributed by atoms with Gasteiger partial charge in [0.15, 0.2) is 6.19 Å². The highest BCUT2D eigenvalue weighted by molar-refractivity contribution is 5.82. The average molecular weight is 232 g/mol. The summed E-state index contributed by atoms with van der Waals surface area (Å²) in [6.45, 7) is 0. The molecule has 0 aliphatic heterocycles. The van der Waals surface area contributed by atoms with E-state index in [4.69, 9.17) is 11.0 Å². The lowest BCUT2D eigenvalue weighted by Crippen LogP contribution is -2.26. The third-order valence-electron chi connectivity index (χ3n) is 1.92. The third-order valence-corrected chi connectivity index (χ3v) is 1.92. The number of nitriles is 1. The molecule has 17 heavy (non-hydrogen) atoms. The van der Waals surface area contributed by atoms with Crippen LogP contribution in [0.3, 0.4) is 0 Å². The predicted molar refractivity (Wildman–Crippen MR) is 62.2 cm³/mol. The van der Waals surface area contributed by atoms with E-state index >= 15 is 0 Å². The Kier molecular flexibility index (Phi) is 4.51. The molecule has 0 aliphatic carbocycles. The van der Waals surface area contributed by atoms with E-state index in [2.05, 4.69) is 15.0 Å². The summed E-state index contributed by atoms with van der Waals surface area (Å²) in [5, 5.41) is 10.5. The molecule has 0 bridgehead atoms. The van der Waals surface area contributed by atoms with E-state index in [1.165, 1.54) is 7.11 Å². The maximum atomic E-state index is 11.1. The molecular formula is C11H12N4O2. The van der Waals surface area contributed by atoms with Gasteiger partial charge < -0.3 is 10.5 Å². The number of carbonyl (C=O) groups excluding carboxylic acids is 1. The minimum absolute atomic E-state index is 0.00252. The van der Waals surface area contributed by atoms with Gasteiger partial charge in [0.25, 0.3) is 0 Å². The average Bonchev–Trinajstić information content (AvgIpc) is 2.29. The van der Waals surface area contributed by atoms with Crippen molar-refractivity contribution in [1.29, 1.82) is 5.26 Å². The minimum Gasteiger partial charge on any atom is -0.469 e. The molecule has 0 amide bonds. The first-order valence-corrected chi connectivity index (χ1v) is 4.80. The van der Waals surface area contributed by atoms with Crippen molar-refractivity contribution in [3.63, 3.8) is 0 Å². The van der Waals surface area contributed by atoms with Crippen molar-refractivity contribution < 1.29 is 9.53 Å². The molecule has 0 aliphatic rings. The molecule has 1 rings (SSSR count). The first-order chi connectivity index (χ1) is 8.15. The molecule has 0 fully saturated rings. The zero-order chi connectivity index (χ0) is 12.7. The van der Waals surface area contributed by atoms with Crippen molar-refractivity contribution in [3.8, 4) is 6.19 Å². The van der Waals surface area contributed by atoms with Crippen LogP contribution >= 0.6 is 0 Å². The maximum Gasteiger partial charge on any atom is 0.309 e. The number of benzene rings is 1. The summed E-state index contributed by atoms with van der Waals surface area (Å²) in [4.78, 5) is 15.0. The minimum atomic E-state index is -0.325. The fourth-order valence-corrected chi connectivity index (χ4v) is 1.20. The summed E-state index contributed by atoms with van der Waals surface area (Å²) < 4.78 is 4.56. The molecule has 1 aromatic rings. The predicted octanol–water partition coefficient (Wildman–Crippen LogP) is 0.419. The van der Waals surface area contributed by atoms with Crippen molar-refractivity contribution in [1.82, 2.24) is 5.32 Å². The van der Waals surface area contributed by atoms with Crippen molar-refractivity contribution in [2.24, 2.45) is 10.7 Å². The van der Waals surface area contributed by atoms with E-state index in [0.29, 0.717) is 5.69 Å². The molecule has 0 radical (unpaired) electrons. The lowest BCUT2D eigenvalue weighted by molar-refractivity contribution is -0.139. The quantitative estimate of drug-likeness (QED) is 0.258. The fourth-order valence-electron chi connectivity index (χ4n) is 1.20. The van der Waals surface area contributed by atoms with Crippen LogP contribution in [0.2, 0.25) is 0 Å². The highest BCUT2D eigenvalue weighted by Gasteiger charge is 2.03. The van der Waals surface area contributed by atoms with Gasteiger partial charge in [0, 0.05) is 0 Å². The number of nitrogens with one attached hydrogen (secondary N) is 1. The molecule has 0 heterocycles. The fraction of sp³-hybridized carbons (Fsp3) is 0.182. The van der Waals surface area contributed by atoms with Gasteiger partial charge in [-0.3, -0.25) is 10.1 Å². The Morgan fingerprint density at radius 2 is 2.41 bits per heavy atom. The molecular weight excluding hydrogens is 220 g/mol. The van der Waals surface area contributed by atoms with Gasteiger partial charge in [-0.15, -0.1) is 0 Å². The number of guanidine groups is 1. The summed E-state index contributed by atoms with van der Waals surface area (Å²) in [5.74, 6) is -0.322. The Morgan fingerprint density at radius 3 is 3.06 bits per heavy atom. The monoisotopic (exact) mass is 232 g/mol. The lowest BCUT2D eigenvalue weighted by atomic mass is 10.1. The highest BCUT2D eigenvalue weighted by atomic mass is 16.5. The van der Waals surface area contributed by atoms with E-state index in [0.717, 1.165) is 5.56 Å².